The molecule has 2 rings (SSSR count). The van der Waals surface area contributed by atoms with Gasteiger partial charge in [0.25, 0.3) is 5.91 Å². The van der Waals surface area contributed by atoms with Gasteiger partial charge in [0.1, 0.15) is 5.56 Å². The van der Waals surface area contributed by atoms with E-state index in [0.29, 0.717) is 24.2 Å². The first kappa shape index (κ1) is 16.7. The molecule has 0 N–H and O–H groups in total. The zero-order chi connectivity index (χ0) is 16.8. The summed E-state index contributed by atoms with van der Waals surface area (Å²) in [4.78, 5) is 14.1. The fourth-order valence-electron chi connectivity index (χ4n) is 2.20. The molecule has 2 aromatic rings. The van der Waals surface area contributed by atoms with Crippen LogP contribution >= 0.6 is 0 Å². The molecule has 5 heteroatoms. The van der Waals surface area contributed by atoms with Gasteiger partial charge in [-0.15, -0.1) is 0 Å². The number of aromatic nitrogens is 1. The van der Waals surface area contributed by atoms with Crippen LogP contribution in [0.4, 0.5) is 0 Å². The zero-order valence-electron chi connectivity index (χ0n) is 13.7. The van der Waals surface area contributed by atoms with E-state index in [-0.39, 0.29) is 11.8 Å². The molecule has 0 spiro atoms. The second-order valence-corrected chi connectivity index (χ2v) is 5.22. The van der Waals surface area contributed by atoms with Crippen molar-refractivity contribution in [3.05, 3.63) is 65.5 Å². The minimum atomic E-state index is -0.345. The van der Waals surface area contributed by atoms with Gasteiger partial charge in [-0.25, -0.2) is 0 Å². The molecular formula is C18H21N3O2. The zero-order valence-corrected chi connectivity index (χ0v) is 13.7. The van der Waals surface area contributed by atoms with Crippen molar-refractivity contribution in [3.63, 3.8) is 0 Å². The molecule has 1 aromatic carbocycles. The van der Waals surface area contributed by atoms with Gasteiger partial charge >= 0.3 is 0 Å². The number of amides is 1. The average Bonchev–Trinajstić information content (AvgIpc) is 2.56. The number of nitrogens with zero attached hydrogens (tertiary/aromatic N) is 3. The monoisotopic (exact) mass is 311 g/mol. The number of benzene rings is 1. The number of carbonyl (C=O) groups excluding carboxylic acids is 1. The van der Waals surface area contributed by atoms with Gasteiger partial charge in [0, 0.05) is 19.2 Å². The van der Waals surface area contributed by atoms with Crippen LogP contribution in [0.5, 0.6) is 0 Å². The van der Waals surface area contributed by atoms with Crippen molar-refractivity contribution in [1.29, 1.82) is 0 Å². The average molecular weight is 311 g/mol. The van der Waals surface area contributed by atoms with Crippen LogP contribution in [0.3, 0.4) is 0 Å². The van der Waals surface area contributed by atoms with E-state index in [2.05, 4.69) is 5.10 Å². The molecule has 120 valence electrons. The van der Waals surface area contributed by atoms with Gasteiger partial charge in [-0.3, -0.25) is 4.79 Å². The van der Waals surface area contributed by atoms with Crippen LogP contribution in [0.1, 0.15) is 35.3 Å². The summed E-state index contributed by atoms with van der Waals surface area (Å²) in [5.74, 6) is -0.412. The molecule has 0 bridgehead atoms. The Kier molecular flexibility index (Phi) is 5.46. The Morgan fingerprint density at radius 1 is 1.13 bits per heavy atom. The molecule has 0 unspecified atom stereocenters. The highest BCUT2D eigenvalue weighted by Crippen LogP contribution is 2.04. The van der Waals surface area contributed by atoms with Crippen LogP contribution in [0.15, 0.2) is 53.9 Å². The Balaban J connectivity index is 2.27. The van der Waals surface area contributed by atoms with E-state index in [9.17, 15) is 9.90 Å². The summed E-state index contributed by atoms with van der Waals surface area (Å²) < 4.78 is 1.39. The van der Waals surface area contributed by atoms with Crippen molar-refractivity contribution in [2.24, 2.45) is 5.10 Å². The highest BCUT2D eigenvalue weighted by molar-refractivity contribution is 5.93. The highest BCUT2D eigenvalue weighted by Gasteiger charge is 2.15. The maximum atomic E-state index is 12.3. The topological polar surface area (TPSA) is 59.6 Å². The molecule has 1 amide bonds. The number of aryl methyl sites for hydroxylation is 1. The van der Waals surface area contributed by atoms with Crippen LogP contribution in [0.2, 0.25) is 0 Å². The first-order valence-electron chi connectivity index (χ1n) is 7.68. The van der Waals surface area contributed by atoms with Crippen molar-refractivity contribution in [2.75, 3.05) is 13.1 Å². The lowest BCUT2D eigenvalue weighted by molar-refractivity contribution is -0.681. The maximum Gasteiger partial charge on any atom is 0.260 e. The third kappa shape index (κ3) is 4.16. The third-order valence-corrected chi connectivity index (χ3v) is 3.59. The SMILES string of the molecule is CCN(CC)C(=O)c1ccc[n+](/N=C(\[O-])c2ccc(C)cc2)c1. The lowest BCUT2D eigenvalue weighted by Gasteiger charge is -2.17. The smallest absolute Gasteiger partial charge is 0.260 e. The molecule has 0 aliphatic heterocycles. The Bertz CT molecular complexity index is 704. The summed E-state index contributed by atoms with van der Waals surface area (Å²) in [6.45, 7) is 7.11. The van der Waals surface area contributed by atoms with Crippen molar-refractivity contribution in [1.82, 2.24) is 4.90 Å². The predicted molar refractivity (Wildman–Crippen MR) is 87.0 cm³/mol. The van der Waals surface area contributed by atoms with Crippen LogP contribution in [-0.2, 0) is 0 Å². The minimum Gasteiger partial charge on any atom is -0.854 e. The lowest BCUT2D eigenvalue weighted by atomic mass is 10.1. The molecule has 0 fully saturated rings. The normalized spacial score (nSPS) is 11.3. The van der Waals surface area contributed by atoms with Crippen molar-refractivity contribution >= 4 is 11.8 Å². The molecule has 0 saturated heterocycles. The standard InChI is InChI=1S/C18H21N3O2/c1-4-20(5-2)18(23)16-7-6-12-21(13-16)19-17(22)15-10-8-14(3)9-11-15/h6-13H,4-5H2,1-3H3. The first-order chi connectivity index (χ1) is 11.0. The lowest BCUT2D eigenvalue weighted by Crippen LogP contribution is -2.36. The van der Waals surface area contributed by atoms with E-state index < -0.39 is 0 Å². The van der Waals surface area contributed by atoms with Crippen molar-refractivity contribution in [2.45, 2.75) is 20.8 Å². The molecular weight excluding hydrogens is 290 g/mol. The number of carbonyl (C=O) groups is 1. The van der Waals surface area contributed by atoms with Gasteiger partial charge in [0.05, 0.1) is 5.90 Å². The second-order valence-electron chi connectivity index (χ2n) is 5.22. The summed E-state index contributed by atoms with van der Waals surface area (Å²) in [5, 5.41) is 16.2. The Hall–Kier alpha value is -2.69. The third-order valence-electron chi connectivity index (χ3n) is 3.59. The molecule has 1 heterocycles. The Morgan fingerprint density at radius 3 is 2.39 bits per heavy atom. The van der Waals surface area contributed by atoms with Crippen LogP contribution < -0.4 is 9.78 Å². The van der Waals surface area contributed by atoms with E-state index in [1.54, 1.807) is 41.6 Å². The van der Waals surface area contributed by atoms with Gasteiger partial charge in [0.2, 0.25) is 12.4 Å². The molecule has 0 saturated carbocycles. The van der Waals surface area contributed by atoms with Gasteiger partial charge in [0.15, 0.2) is 0 Å². The van der Waals surface area contributed by atoms with Gasteiger partial charge < -0.3 is 10.0 Å². The molecule has 0 aliphatic rings. The summed E-state index contributed by atoms with van der Waals surface area (Å²) >= 11 is 0. The molecule has 0 aliphatic carbocycles. The van der Waals surface area contributed by atoms with Gasteiger partial charge in [-0.1, -0.05) is 34.5 Å². The summed E-state index contributed by atoms with van der Waals surface area (Å²) in [6, 6.07) is 10.7. The summed E-state index contributed by atoms with van der Waals surface area (Å²) in [6.07, 6.45) is 3.22. The second kappa shape index (κ2) is 7.54. The fraction of sp³-hybridized carbons (Fsp3) is 0.278. The Morgan fingerprint density at radius 2 is 1.78 bits per heavy atom. The van der Waals surface area contributed by atoms with E-state index in [1.165, 1.54) is 4.68 Å². The van der Waals surface area contributed by atoms with E-state index in [4.69, 9.17) is 0 Å². The molecule has 0 atom stereocenters. The minimum absolute atomic E-state index is 0.0673. The summed E-state index contributed by atoms with van der Waals surface area (Å²) in [7, 11) is 0. The largest absolute Gasteiger partial charge is 0.854 e. The number of pyridine rings is 1. The fourth-order valence-corrected chi connectivity index (χ4v) is 2.20. The predicted octanol–water partition coefficient (Wildman–Crippen LogP) is 1.33. The van der Waals surface area contributed by atoms with Gasteiger partial charge in [-0.05, 0) is 37.5 Å². The highest BCUT2D eigenvalue weighted by atomic mass is 16.3. The molecule has 23 heavy (non-hydrogen) atoms. The molecule has 0 radical (unpaired) electrons. The molecule has 5 nitrogen and oxygen atoms in total. The maximum absolute atomic E-state index is 12.3. The van der Waals surface area contributed by atoms with E-state index in [1.807, 2.05) is 32.9 Å². The molecule has 1 aromatic heterocycles. The number of rotatable bonds is 5. The Labute approximate surface area is 136 Å². The first-order valence-corrected chi connectivity index (χ1v) is 7.68. The van der Waals surface area contributed by atoms with Crippen molar-refractivity contribution in [3.8, 4) is 0 Å². The van der Waals surface area contributed by atoms with Gasteiger partial charge in [-0.2, -0.15) is 0 Å². The van der Waals surface area contributed by atoms with E-state index >= 15 is 0 Å². The van der Waals surface area contributed by atoms with Crippen LogP contribution in [-0.4, -0.2) is 29.8 Å². The van der Waals surface area contributed by atoms with Crippen LogP contribution in [0.25, 0.3) is 0 Å². The summed E-state index contributed by atoms with van der Waals surface area (Å²) in [5.41, 5.74) is 2.11. The number of hydrogen-bond acceptors (Lipinski definition) is 3. The van der Waals surface area contributed by atoms with E-state index in [0.717, 1.165) is 5.56 Å². The number of hydrogen-bond donors (Lipinski definition) is 0. The quantitative estimate of drug-likeness (QED) is 0.475. The van der Waals surface area contributed by atoms with Crippen molar-refractivity contribution < 1.29 is 14.6 Å². The van der Waals surface area contributed by atoms with Crippen LogP contribution in [0, 0.1) is 6.92 Å².